The quantitative estimate of drug-likeness (QED) is 0.677. The van der Waals surface area contributed by atoms with Gasteiger partial charge in [-0.1, -0.05) is 26.0 Å². The highest BCUT2D eigenvalue weighted by Gasteiger charge is 2.42. The number of benzene rings is 1. The van der Waals surface area contributed by atoms with Gasteiger partial charge in [0.2, 0.25) is 5.95 Å². The molecule has 0 spiro atoms. The van der Waals surface area contributed by atoms with Crippen LogP contribution in [0.3, 0.4) is 0 Å². The summed E-state index contributed by atoms with van der Waals surface area (Å²) in [7, 11) is 0. The third-order valence-corrected chi connectivity index (χ3v) is 6.60. The molecule has 0 amide bonds. The number of carbonyl (C=O) groups is 1. The van der Waals surface area contributed by atoms with Gasteiger partial charge in [0, 0.05) is 42.3 Å². The molecule has 1 aromatic heterocycles. The highest BCUT2D eigenvalue weighted by Crippen LogP contribution is 2.50. The summed E-state index contributed by atoms with van der Waals surface area (Å²) in [4.78, 5) is 25.0. The van der Waals surface area contributed by atoms with E-state index in [1.807, 2.05) is 12.1 Å². The van der Waals surface area contributed by atoms with Gasteiger partial charge in [0.15, 0.2) is 5.78 Å². The first-order chi connectivity index (χ1) is 14.8. The number of anilines is 3. The summed E-state index contributed by atoms with van der Waals surface area (Å²) in [5, 5.41) is 13.3. The van der Waals surface area contributed by atoms with E-state index in [9.17, 15) is 9.90 Å². The molecule has 7 nitrogen and oxygen atoms in total. The molecule has 0 saturated carbocycles. The zero-order valence-electron chi connectivity index (χ0n) is 18.1. The number of Topliss-reactive ketones (excluding diaryl/α,β-unsaturated/α-hetero) is 1. The second kappa shape index (κ2) is 7.25. The Bertz CT molecular complexity index is 1070. The number of nitrogens with two attached hydrogens (primary N) is 1. The number of nitrogens with zero attached hydrogens (tertiary/aromatic N) is 3. The molecule has 1 atom stereocenters. The molecule has 1 fully saturated rings. The Kier molecular flexibility index (Phi) is 4.64. The maximum absolute atomic E-state index is 13.3. The number of aromatic nitrogens is 2. The number of nitrogens with one attached hydrogen (secondary N) is 1. The third-order valence-electron chi connectivity index (χ3n) is 6.60. The zero-order chi connectivity index (χ0) is 21.8. The first-order valence-corrected chi connectivity index (χ1v) is 11.1. The first-order valence-electron chi connectivity index (χ1n) is 11.1. The molecule has 162 valence electrons. The van der Waals surface area contributed by atoms with E-state index in [0.717, 1.165) is 54.7 Å². The minimum atomic E-state index is -0.342. The Balaban J connectivity index is 1.67. The molecule has 3 heterocycles. The lowest BCUT2D eigenvalue weighted by Crippen LogP contribution is -2.36. The first kappa shape index (κ1) is 19.8. The molecule has 2 aromatic rings. The number of hydrogen-bond donors (Lipinski definition) is 3. The Morgan fingerprint density at radius 1 is 1.10 bits per heavy atom. The van der Waals surface area contributed by atoms with E-state index < -0.39 is 0 Å². The number of fused-ring (bicyclic) bond motifs is 1. The van der Waals surface area contributed by atoms with Crippen LogP contribution in [0.15, 0.2) is 35.5 Å². The fourth-order valence-electron chi connectivity index (χ4n) is 5.16. The molecule has 0 bridgehead atoms. The van der Waals surface area contributed by atoms with E-state index in [0.29, 0.717) is 24.0 Å². The number of carbonyl (C=O) groups excluding carboxylic acids is 1. The molecule has 3 aliphatic rings. The molecule has 1 aromatic carbocycles. The monoisotopic (exact) mass is 419 g/mol. The standard InChI is InChI=1S/C24H29N5O2/c1-24(2)12-16-19(17(31)13-24)18(14-6-8-15(30)9-7-14)20-21(25)27-23(28-22(20)26-16)29-10-4-3-5-11-29/h6-9,18,30H,3-5,10-13H2,1-2H3,(H3,25,26,27,28)/t18-/m0/s1. The summed E-state index contributed by atoms with van der Waals surface area (Å²) >= 11 is 0. The SMILES string of the molecule is CC1(C)CC(=O)C2=C(C1)Nc1nc(N3CCCCC3)nc(N)c1[C@H]2c1ccc(O)cc1. The van der Waals surface area contributed by atoms with Gasteiger partial charge in [-0.3, -0.25) is 4.79 Å². The van der Waals surface area contributed by atoms with Crippen molar-refractivity contribution in [3.63, 3.8) is 0 Å². The Morgan fingerprint density at radius 2 is 1.81 bits per heavy atom. The topological polar surface area (TPSA) is 104 Å². The molecule has 0 unspecified atom stereocenters. The van der Waals surface area contributed by atoms with Gasteiger partial charge in [-0.2, -0.15) is 9.97 Å². The molecular formula is C24H29N5O2. The highest BCUT2D eigenvalue weighted by atomic mass is 16.3. The largest absolute Gasteiger partial charge is 0.508 e. The van der Waals surface area contributed by atoms with E-state index in [2.05, 4.69) is 29.0 Å². The van der Waals surface area contributed by atoms with Crippen LogP contribution in [-0.4, -0.2) is 33.9 Å². The van der Waals surface area contributed by atoms with Crippen LogP contribution in [0.5, 0.6) is 5.75 Å². The number of aromatic hydroxyl groups is 1. The second-order valence-corrected chi connectivity index (χ2v) is 9.70. The number of phenolic OH excluding ortho intramolecular Hbond substituents is 1. The van der Waals surface area contributed by atoms with Crippen molar-refractivity contribution in [3.05, 3.63) is 46.7 Å². The molecule has 2 aliphatic heterocycles. The number of rotatable bonds is 2. The van der Waals surface area contributed by atoms with Crippen LogP contribution in [0.25, 0.3) is 0 Å². The van der Waals surface area contributed by atoms with Gasteiger partial charge in [0.1, 0.15) is 17.4 Å². The number of nitrogen functional groups attached to an aromatic ring is 1. The highest BCUT2D eigenvalue weighted by molar-refractivity contribution is 6.02. The van der Waals surface area contributed by atoms with E-state index >= 15 is 0 Å². The lowest BCUT2D eigenvalue weighted by Gasteiger charge is -2.39. The van der Waals surface area contributed by atoms with Crippen LogP contribution in [0, 0.1) is 5.41 Å². The van der Waals surface area contributed by atoms with Crippen molar-refractivity contribution >= 4 is 23.4 Å². The van der Waals surface area contributed by atoms with Crippen molar-refractivity contribution in [2.45, 2.75) is 51.9 Å². The van der Waals surface area contributed by atoms with Gasteiger partial charge >= 0.3 is 0 Å². The lowest BCUT2D eigenvalue weighted by molar-refractivity contribution is -0.118. The van der Waals surface area contributed by atoms with Crippen LogP contribution in [0.2, 0.25) is 0 Å². The van der Waals surface area contributed by atoms with Gasteiger partial charge in [-0.15, -0.1) is 0 Å². The smallest absolute Gasteiger partial charge is 0.229 e. The van der Waals surface area contributed by atoms with Gasteiger partial charge in [-0.05, 0) is 48.8 Å². The summed E-state index contributed by atoms with van der Waals surface area (Å²) in [6, 6.07) is 7.00. The molecule has 0 radical (unpaired) electrons. The molecular weight excluding hydrogens is 390 g/mol. The summed E-state index contributed by atoms with van der Waals surface area (Å²) in [5.41, 5.74) is 9.74. The zero-order valence-corrected chi connectivity index (χ0v) is 18.1. The predicted molar refractivity (Wildman–Crippen MR) is 121 cm³/mol. The van der Waals surface area contributed by atoms with Crippen LogP contribution in [-0.2, 0) is 4.79 Å². The molecule has 4 N–H and O–H groups in total. The van der Waals surface area contributed by atoms with Crippen molar-refractivity contribution in [2.24, 2.45) is 5.41 Å². The molecule has 5 rings (SSSR count). The molecule has 7 heteroatoms. The number of allylic oxidation sites excluding steroid dienone is 2. The lowest BCUT2D eigenvalue weighted by atomic mass is 9.69. The second-order valence-electron chi connectivity index (χ2n) is 9.70. The number of hydrogen-bond acceptors (Lipinski definition) is 7. The minimum absolute atomic E-state index is 0.117. The minimum Gasteiger partial charge on any atom is -0.508 e. The van der Waals surface area contributed by atoms with E-state index in [-0.39, 0.29) is 22.9 Å². The van der Waals surface area contributed by atoms with Crippen LogP contribution >= 0.6 is 0 Å². The Labute approximate surface area is 182 Å². The molecule has 1 aliphatic carbocycles. The number of piperidine rings is 1. The van der Waals surface area contributed by atoms with Crippen molar-refractivity contribution in [1.29, 1.82) is 0 Å². The summed E-state index contributed by atoms with van der Waals surface area (Å²) in [6.45, 7) is 6.10. The van der Waals surface area contributed by atoms with E-state index in [4.69, 9.17) is 10.7 Å². The molecule has 1 saturated heterocycles. The van der Waals surface area contributed by atoms with Gasteiger partial charge < -0.3 is 21.1 Å². The van der Waals surface area contributed by atoms with Crippen LogP contribution in [0.4, 0.5) is 17.6 Å². The van der Waals surface area contributed by atoms with Gasteiger partial charge in [0.05, 0.1) is 0 Å². The normalized spacial score (nSPS) is 22.6. The fourth-order valence-corrected chi connectivity index (χ4v) is 5.16. The van der Waals surface area contributed by atoms with Crippen molar-refractivity contribution in [1.82, 2.24) is 9.97 Å². The maximum Gasteiger partial charge on any atom is 0.229 e. The average molecular weight is 420 g/mol. The average Bonchev–Trinajstić information content (AvgIpc) is 2.72. The van der Waals surface area contributed by atoms with Gasteiger partial charge in [-0.25, -0.2) is 0 Å². The third kappa shape index (κ3) is 3.52. The predicted octanol–water partition coefficient (Wildman–Crippen LogP) is 3.96. The number of ketones is 1. The van der Waals surface area contributed by atoms with Crippen molar-refractivity contribution < 1.29 is 9.90 Å². The summed E-state index contributed by atoms with van der Waals surface area (Å²) < 4.78 is 0. The number of phenols is 1. The molecule has 31 heavy (non-hydrogen) atoms. The summed E-state index contributed by atoms with van der Waals surface area (Å²) in [5.74, 6) is 1.72. The maximum atomic E-state index is 13.3. The van der Waals surface area contributed by atoms with Crippen molar-refractivity contribution in [2.75, 3.05) is 29.0 Å². The van der Waals surface area contributed by atoms with Gasteiger partial charge in [0.25, 0.3) is 0 Å². The van der Waals surface area contributed by atoms with E-state index in [1.54, 1.807) is 12.1 Å². The fraction of sp³-hybridized carbons (Fsp3) is 0.458. The van der Waals surface area contributed by atoms with Crippen LogP contribution in [0.1, 0.15) is 63.0 Å². The summed E-state index contributed by atoms with van der Waals surface area (Å²) in [6.07, 6.45) is 4.74. The Hall–Kier alpha value is -3.09. The van der Waals surface area contributed by atoms with Crippen molar-refractivity contribution in [3.8, 4) is 5.75 Å². The van der Waals surface area contributed by atoms with Crippen LogP contribution < -0.4 is 16.0 Å². The Morgan fingerprint density at radius 3 is 2.52 bits per heavy atom. The van der Waals surface area contributed by atoms with E-state index in [1.165, 1.54) is 6.42 Å².